The lowest BCUT2D eigenvalue weighted by Gasteiger charge is -2.30. The SMILES string of the molecule is N#CC1(Cc2cccc(C(F)(F)F)c2)CCOCC1. The maximum atomic E-state index is 12.6. The van der Waals surface area contributed by atoms with Gasteiger partial charge in [0, 0.05) is 13.2 Å². The van der Waals surface area contributed by atoms with Crippen molar-refractivity contribution in [3.8, 4) is 6.07 Å². The molecule has 0 radical (unpaired) electrons. The van der Waals surface area contributed by atoms with Crippen LogP contribution in [0.3, 0.4) is 0 Å². The van der Waals surface area contributed by atoms with E-state index in [4.69, 9.17) is 4.74 Å². The molecule has 0 unspecified atom stereocenters. The largest absolute Gasteiger partial charge is 0.416 e. The normalized spacial score (nSPS) is 18.8. The fourth-order valence-electron chi connectivity index (χ4n) is 2.34. The van der Waals surface area contributed by atoms with Crippen molar-refractivity contribution in [3.63, 3.8) is 0 Å². The minimum atomic E-state index is -4.34. The summed E-state index contributed by atoms with van der Waals surface area (Å²) in [7, 11) is 0. The first-order valence-corrected chi connectivity index (χ1v) is 6.10. The molecule has 19 heavy (non-hydrogen) atoms. The molecule has 1 aliphatic rings. The van der Waals surface area contributed by atoms with Gasteiger partial charge in [0.15, 0.2) is 0 Å². The maximum Gasteiger partial charge on any atom is 0.416 e. The van der Waals surface area contributed by atoms with Gasteiger partial charge in [0.2, 0.25) is 0 Å². The highest BCUT2D eigenvalue weighted by Gasteiger charge is 2.34. The molecule has 1 saturated heterocycles. The van der Waals surface area contributed by atoms with Gasteiger partial charge in [-0.15, -0.1) is 0 Å². The fourth-order valence-corrected chi connectivity index (χ4v) is 2.34. The van der Waals surface area contributed by atoms with Crippen molar-refractivity contribution in [3.05, 3.63) is 35.4 Å². The third-order valence-electron chi connectivity index (χ3n) is 3.48. The van der Waals surface area contributed by atoms with Crippen molar-refractivity contribution in [2.45, 2.75) is 25.4 Å². The summed E-state index contributed by atoms with van der Waals surface area (Å²) >= 11 is 0. The molecular weight excluding hydrogens is 255 g/mol. The van der Waals surface area contributed by atoms with Crippen molar-refractivity contribution >= 4 is 0 Å². The standard InChI is InChI=1S/C14H14F3NO/c15-14(16,17)12-3-1-2-11(8-12)9-13(10-18)4-6-19-7-5-13/h1-3,8H,4-7,9H2. The van der Waals surface area contributed by atoms with Crippen LogP contribution < -0.4 is 0 Å². The Hall–Kier alpha value is -1.54. The van der Waals surface area contributed by atoms with Gasteiger partial charge in [-0.1, -0.05) is 18.2 Å². The van der Waals surface area contributed by atoms with Crippen LogP contribution in [0.25, 0.3) is 0 Å². The van der Waals surface area contributed by atoms with Crippen LogP contribution in [0.15, 0.2) is 24.3 Å². The van der Waals surface area contributed by atoms with Crippen molar-refractivity contribution in [1.82, 2.24) is 0 Å². The summed E-state index contributed by atoms with van der Waals surface area (Å²) in [5, 5.41) is 9.30. The lowest BCUT2D eigenvalue weighted by Crippen LogP contribution is -2.30. The summed E-state index contributed by atoms with van der Waals surface area (Å²) in [6.45, 7) is 0.985. The summed E-state index contributed by atoms with van der Waals surface area (Å²) in [5.41, 5.74) is -0.703. The van der Waals surface area contributed by atoms with Gasteiger partial charge in [0.05, 0.1) is 17.0 Å². The molecule has 0 spiro atoms. The molecule has 2 rings (SSSR count). The number of benzene rings is 1. The summed E-state index contributed by atoms with van der Waals surface area (Å²) in [6, 6.07) is 7.48. The predicted octanol–water partition coefficient (Wildman–Crippen LogP) is 3.57. The van der Waals surface area contributed by atoms with Crippen molar-refractivity contribution in [1.29, 1.82) is 5.26 Å². The molecule has 0 atom stereocenters. The molecule has 1 fully saturated rings. The first-order valence-electron chi connectivity index (χ1n) is 6.10. The fraction of sp³-hybridized carbons (Fsp3) is 0.500. The first kappa shape index (κ1) is 13.9. The quantitative estimate of drug-likeness (QED) is 0.822. The van der Waals surface area contributed by atoms with Gasteiger partial charge < -0.3 is 4.74 Å². The number of nitrogens with zero attached hydrogens (tertiary/aromatic N) is 1. The van der Waals surface area contributed by atoms with Crippen LogP contribution in [0.2, 0.25) is 0 Å². The number of ether oxygens (including phenoxy) is 1. The predicted molar refractivity (Wildman–Crippen MR) is 63.2 cm³/mol. The minimum absolute atomic E-state index is 0.344. The average Bonchev–Trinajstić information content (AvgIpc) is 2.39. The van der Waals surface area contributed by atoms with E-state index in [2.05, 4.69) is 6.07 Å². The molecule has 0 bridgehead atoms. The van der Waals surface area contributed by atoms with E-state index in [-0.39, 0.29) is 0 Å². The third-order valence-corrected chi connectivity index (χ3v) is 3.48. The van der Waals surface area contributed by atoms with Crippen LogP contribution in [0.1, 0.15) is 24.0 Å². The lowest BCUT2D eigenvalue weighted by molar-refractivity contribution is -0.137. The van der Waals surface area contributed by atoms with Gasteiger partial charge in [0.25, 0.3) is 0 Å². The van der Waals surface area contributed by atoms with Gasteiger partial charge in [-0.3, -0.25) is 0 Å². The summed E-state index contributed by atoms with van der Waals surface area (Å²) < 4.78 is 43.1. The Morgan fingerprint density at radius 3 is 2.53 bits per heavy atom. The first-order chi connectivity index (χ1) is 8.95. The van der Waals surface area contributed by atoms with Crippen molar-refractivity contribution in [2.75, 3.05) is 13.2 Å². The van der Waals surface area contributed by atoms with E-state index in [1.165, 1.54) is 6.07 Å². The number of hydrogen-bond donors (Lipinski definition) is 0. The Kier molecular flexibility index (Phi) is 3.81. The number of hydrogen-bond acceptors (Lipinski definition) is 2. The number of rotatable bonds is 2. The third kappa shape index (κ3) is 3.27. The molecule has 1 aliphatic heterocycles. The molecule has 1 heterocycles. The van der Waals surface area contributed by atoms with Crippen LogP contribution in [-0.2, 0) is 17.3 Å². The Bertz CT molecular complexity index is 484. The second-order valence-electron chi connectivity index (χ2n) is 4.88. The van der Waals surface area contributed by atoms with E-state index in [0.717, 1.165) is 12.1 Å². The van der Waals surface area contributed by atoms with Crippen molar-refractivity contribution in [2.24, 2.45) is 5.41 Å². The smallest absolute Gasteiger partial charge is 0.381 e. The van der Waals surface area contributed by atoms with Crippen LogP contribution in [0.4, 0.5) is 13.2 Å². The molecule has 0 saturated carbocycles. The number of nitriles is 1. The van der Waals surface area contributed by atoms with E-state index >= 15 is 0 Å². The van der Waals surface area contributed by atoms with Gasteiger partial charge in [-0.25, -0.2) is 0 Å². The molecule has 0 N–H and O–H groups in total. The van der Waals surface area contributed by atoms with Gasteiger partial charge in [0.1, 0.15) is 0 Å². The highest BCUT2D eigenvalue weighted by Crippen LogP contribution is 2.35. The zero-order valence-electron chi connectivity index (χ0n) is 10.3. The van der Waals surface area contributed by atoms with E-state index in [9.17, 15) is 18.4 Å². The van der Waals surface area contributed by atoms with Crippen LogP contribution in [0.5, 0.6) is 0 Å². The lowest BCUT2D eigenvalue weighted by atomic mass is 9.76. The highest BCUT2D eigenvalue weighted by atomic mass is 19.4. The molecule has 0 aromatic heterocycles. The second kappa shape index (κ2) is 5.22. The molecular formula is C14H14F3NO. The van der Waals surface area contributed by atoms with Gasteiger partial charge >= 0.3 is 6.18 Å². The van der Waals surface area contributed by atoms with Crippen LogP contribution in [-0.4, -0.2) is 13.2 Å². The zero-order chi connectivity index (χ0) is 13.9. The van der Waals surface area contributed by atoms with Gasteiger partial charge in [-0.2, -0.15) is 18.4 Å². The maximum absolute atomic E-state index is 12.6. The number of alkyl halides is 3. The second-order valence-corrected chi connectivity index (χ2v) is 4.88. The molecule has 102 valence electrons. The Labute approximate surface area is 109 Å². The summed E-state index contributed by atoms with van der Waals surface area (Å²) in [4.78, 5) is 0. The van der Waals surface area contributed by atoms with Crippen LogP contribution >= 0.6 is 0 Å². The van der Waals surface area contributed by atoms with E-state index < -0.39 is 17.2 Å². The van der Waals surface area contributed by atoms with E-state index in [1.54, 1.807) is 6.07 Å². The average molecular weight is 269 g/mol. The summed E-state index contributed by atoms with van der Waals surface area (Å²) in [5.74, 6) is 0. The van der Waals surface area contributed by atoms with Gasteiger partial charge in [-0.05, 0) is 30.9 Å². The van der Waals surface area contributed by atoms with Crippen LogP contribution in [0, 0.1) is 16.7 Å². The minimum Gasteiger partial charge on any atom is -0.381 e. The molecule has 1 aromatic carbocycles. The Balaban J connectivity index is 2.21. The zero-order valence-corrected chi connectivity index (χ0v) is 10.3. The van der Waals surface area contributed by atoms with E-state index in [0.29, 0.717) is 38.0 Å². The molecule has 2 nitrogen and oxygen atoms in total. The van der Waals surface area contributed by atoms with Crippen molar-refractivity contribution < 1.29 is 17.9 Å². The number of halogens is 3. The highest BCUT2D eigenvalue weighted by molar-refractivity contribution is 5.27. The molecule has 0 aliphatic carbocycles. The summed E-state index contributed by atoms with van der Waals surface area (Å²) in [6.07, 6.45) is -2.86. The monoisotopic (exact) mass is 269 g/mol. The molecule has 0 amide bonds. The van der Waals surface area contributed by atoms with E-state index in [1.807, 2.05) is 0 Å². The molecule has 5 heteroatoms. The molecule has 1 aromatic rings. The Morgan fingerprint density at radius 1 is 1.26 bits per heavy atom. The Morgan fingerprint density at radius 2 is 1.95 bits per heavy atom. The topological polar surface area (TPSA) is 33.0 Å².